The van der Waals surface area contributed by atoms with Crippen molar-refractivity contribution >= 4 is 45.6 Å². The Balaban J connectivity index is 0.000000256. The molecule has 0 aliphatic heterocycles. The summed E-state index contributed by atoms with van der Waals surface area (Å²) in [6.45, 7) is 12.3. The van der Waals surface area contributed by atoms with Crippen LogP contribution in [0.15, 0.2) is 109 Å². The normalized spacial score (nSPS) is 13.2. The number of rotatable bonds is 16. The van der Waals surface area contributed by atoms with Crippen LogP contribution in [0.3, 0.4) is 0 Å². The Morgan fingerprint density at radius 1 is 0.508 bits per heavy atom. The van der Waals surface area contributed by atoms with E-state index in [2.05, 4.69) is 48.3 Å². The van der Waals surface area contributed by atoms with E-state index in [0.717, 1.165) is 56.9 Å². The second kappa shape index (κ2) is 21.0. The number of nitrogens with one attached hydrogen (secondary N) is 4. The highest BCUT2D eigenvalue weighted by Crippen LogP contribution is 2.23. The van der Waals surface area contributed by atoms with Crippen molar-refractivity contribution < 1.29 is 34.9 Å². The van der Waals surface area contributed by atoms with E-state index in [1.807, 2.05) is 109 Å². The predicted molar refractivity (Wildman–Crippen MR) is 234 cm³/mol. The maximum atomic E-state index is 12.7. The highest BCUT2D eigenvalue weighted by Gasteiger charge is 2.26. The maximum Gasteiger partial charge on any atom is 0.326 e. The van der Waals surface area contributed by atoms with E-state index >= 15 is 0 Å². The van der Waals surface area contributed by atoms with Crippen molar-refractivity contribution in [2.24, 2.45) is 11.8 Å². The largest absolute Gasteiger partial charge is 0.480 e. The predicted octanol–water partition coefficient (Wildman–Crippen LogP) is 7.74. The summed E-state index contributed by atoms with van der Waals surface area (Å²) in [4.78, 5) is 55.3. The molecule has 0 aliphatic carbocycles. The van der Waals surface area contributed by atoms with Crippen molar-refractivity contribution in [2.45, 2.75) is 91.1 Å². The average Bonchev–Trinajstić information content (AvgIpc) is 3.81. The summed E-state index contributed by atoms with van der Waals surface area (Å²) in [5.74, 6) is -2.35. The van der Waals surface area contributed by atoms with E-state index in [1.54, 1.807) is 13.8 Å². The maximum absolute atomic E-state index is 12.7. The van der Waals surface area contributed by atoms with E-state index in [9.17, 15) is 29.4 Å². The van der Waals surface area contributed by atoms with Crippen LogP contribution in [0.25, 0.3) is 21.8 Å². The van der Waals surface area contributed by atoms with Crippen LogP contribution in [0.5, 0.6) is 0 Å². The Hall–Kier alpha value is -6.20. The Morgan fingerprint density at radius 3 is 1.17 bits per heavy atom. The minimum atomic E-state index is -1.04. The van der Waals surface area contributed by atoms with Crippen LogP contribution in [-0.2, 0) is 44.9 Å². The SMILES string of the molecule is CC(C)Cc1ccc(C(C)C(=O)N[C@@H](Cc2c[nH]c3ccccc23)C(=O)O)cc1.CC(C)Cc1ccc(C(C)C(=O)N[C@@H](Cc2c[nH]c3ccccc23)C(=O)O)cc1.O. The molecule has 0 saturated heterocycles. The number of H-pyrrole nitrogens is 2. The first-order valence-electron chi connectivity index (χ1n) is 20.0. The summed E-state index contributed by atoms with van der Waals surface area (Å²) in [6.07, 6.45) is 6.06. The van der Waals surface area contributed by atoms with E-state index in [4.69, 9.17) is 0 Å². The summed E-state index contributed by atoms with van der Waals surface area (Å²) in [5, 5.41) is 26.7. The first kappa shape index (κ1) is 45.5. The smallest absolute Gasteiger partial charge is 0.326 e. The van der Waals surface area contributed by atoms with Crippen LogP contribution in [0.2, 0.25) is 0 Å². The fourth-order valence-electron chi connectivity index (χ4n) is 7.16. The second-order valence-corrected chi connectivity index (χ2v) is 16.0. The third kappa shape index (κ3) is 12.4. The summed E-state index contributed by atoms with van der Waals surface area (Å²) in [5.41, 5.74) is 7.88. The number of para-hydroxylation sites is 2. The van der Waals surface area contributed by atoms with E-state index in [1.165, 1.54) is 11.1 Å². The van der Waals surface area contributed by atoms with Crippen molar-refractivity contribution in [3.63, 3.8) is 0 Å². The monoisotopic (exact) mass is 802 g/mol. The number of carboxylic acids is 2. The highest BCUT2D eigenvalue weighted by molar-refractivity contribution is 5.90. The quantitative estimate of drug-likeness (QED) is 0.0579. The highest BCUT2D eigenvalue weighted by atomic mass is 16.4. The van der Waals surface area contributed by atoms with Crippen molar-refractivity contribution in [3.05, 3.63) is 143 Å². The third-order valence-corrected chi connectivity index (χ3v) is 10.5. The van der Waals surface area contributed by atoms with Crippen molar-refractivity contribution in [3.8, 4) is 0 Å². The number of carbonyl (C=O) groups excluding carboxylic acids is 2. The summed E-state index contributed by atoms with van der Waals surface area (Å²) < 4.78 is 0. The van der Waals surface area contributed by atoms with Crippen LogP contribution in [-0.4, -0.2) is 61.5 Å². The number of aromatic nitrogens is 2. The van der Waals surface area contributed by atoms with E-state index in [0.29, 0.717) is 11.8 Å². The van der Waals surface area contributed by atoms with Crippen LogP contribution < -0.4 is 10.6 Å². The van der Waals surface area contributed by atoms with Gasteiger partial charge in [-0.25, -0.2) is 9.59 Å². The summed E-state index contributed by atoms with van der Waals surface area (Å²) in [7, 11) is 0. The molecule has 2 unspecified atom stereocenters. The number of fused-ring (bicyclic) bond motifs is 2. The second-order valence-electron chi connectivity index (χ2n) is 16.0. The van der Waals surface area contributed by atoms with Crippen LogP contribution in [0, 0.1) is 11.8 Å². The van der Waals surface area contributed by atoms with Crippen LogP contribution in [0.4, 0.5) is 0 Å². The Labute approximate surface area is 346 Å². The van der Waals surface area contributed by atoms with Gasteiger partial charge in [-0.2, -0.15) is 0 Å². The molecule has 2 amide bonds. The molecule has 6 rings (SSSR count). The van der Waals surface area contributed by atoms with Gasteiger partial charge in [-0.05, 0) is 84.0 Å². The van der Waals surface area contributed by atoms with Crippen molar-refractivity contribution in [1.29, 1.82) is 0 Å². The lowest BCUT2D eigenvalue weighted by Crippen LogP contribution is -2.44. The Kier molecular flexibility index (Phi) is 16.2. The lowest BCUT2D eigenvalue weighted by atomic mass is 9.95. The molecule has 0 saturated carbocycles. The molecule has 2 aromatic heterocycles. The molecular formula is C48H58N4O7. The molecule has 0 spiro atoms. The molecule has 59 heavy (non-hydrogen) atoms. The zero-order chi connectivity index (χ0) is 41.9. The van der Waals surface area contributed by atoms with Gasteiger partial charge in [0.2, 0.25) is 11.8 Å². The van der Waals surface area contributed by atoms with Gasteiger partial charge in [0.05, 0.1) is 11.8 Å². The number of carbonyl (C=O) groups is 4. The van der Waals surface area contributed by atoms with Crippen LogP contribution >= 0.6 is 0 Å². The van der Waals surface area contributed by atoms with Gasteiger partial charge >= 0.3 is 11.9 Å². The fourth-order valence-corrected chi connectivity index (χ4v) is 7.16. The molecule has 11 nitrogen and oxygen atoms in total. The molecule has 2 heterocycles. The number of hydrogen-bond donors (Lipinski definition) is 6. The first-order chi connectivity index (χ1) is 27.7. The number of aromatic amines is 2. The summed E-state index contributed by atoms with van der Waals surface area (Å²) in [6, 6.07) is 29.5. The number of aliphatic carboxylic acids is 2. The van der Waals surface area contributed by atoms with Gasteiger partial charge in [0.1, 0.15) is 12.1 Å². The van der Waals surface area contributed by atoms with Gasteiger partial charge in [-0.1, -0.05) is 113 Å². The average molecular weight is 803 g/mol. The zero-order valence-electron chi connectivity index (χ0n) is 34.7. The Bertz CT molecular complexity index is 2140. The number of carboxylic acid groups (broad SMARTS) is 2. The first-order valence-corrected chi connectivity index (χ1v) is 20.0. The van der Waals surface area contributed by atoms with Crippen LogP contribution in [0.1, 0.15) is 86.8 Å². The van der Waals surface area contributed by atoms with Gasteiger partial charge in [0.15, 0.2) is 0 Å². The minimum absolute atomic E-state index is 0. The lowest BCUT2D eigenvalue weighted by molar-refractivity contribution is -0.142. The molecule has 0 fully saturated rings. The van der Waals surface area contributed by atoms with Crippen molar-refractivity contribution in [2.75, 3.05) is 0 Å². The number of hydrogen-bond acceptors (Lipinski definition) is 4. The fraction of sp³-hybridized carbons (Fsp3) is 0.333. The van der Waals surface area contributed by atoms with E-state index < -0.39 is 35.9 Å². The molecule has 4 aromatic carbocycles. The summed E-state index contributed by atoms with van der Waals surface area (Å²) >= 11 is 0. The molecule has 11 heteroatoms. The number of amides is 2. The zero-order valence-corrected chi connectivity index (χ0v) is 34.7. The van der Waals surface area contributed by atoms with Gasteiger partial charge in [0, 0.05) is 47.0 Å². The van der Waals surface area contributed by atoms with Gasteiger partial charge in [-0.15, -0.1) is 0 Å². The van der Waals surface area contributed by atoms with Gasteiger partial charge in [0.25, 0.3) is 0 Å². The Morgan fingerprint density at radius 2 is 0.847 bits per heavy atom. The standard InChI is InChI=1S/2C24H28N2O3.H2O/c2*1-15(2)12-17-8-10-18(11-9-17)16(3)23(27)26-22(24(28)29)13-19-14-25-21-7-5-4-6-20(19)21;/h2*4-11,14-16,22,25H,12-13H2,1-3H3,(H,26,27)(H,28,29);1H2/t2*16?,22-;/m00./s1. The minimum Gasteiger partial charge on any atom is -0.480 e. The molecule has 312 valence electrons. The third-order valence-electron chi connectivity index (χ3n) is 10.5. The van der Waals surface area contributed by atoms with Gasteiger partial charge in [-0.3, -0.25) is 9.59 Å². The molecular weight excluding hydrogens is 745 g/mol. The molecule has 0 bridgehead atoms. The molecule has 0 radical (unpaired) electrons. The van der Waals surface area contributed by atoms with Gasteiger partial charge < -0.3 is 36.3 Å². The van der Waals surface area contributed by atoms with Crippen molar-refractivity contribution in [1.82, 2.24) is 20.6 Å². The topological polar surface area (TPSA) is 196 Å². The molecule has 6 aromatic rings. The lowest BCUT2D eigenvalue weighted by Gasteiger charge is -2.18. The molecule has 0 aliphatic rings. The number of benzene rings is 4. The molecule has 8 N–H and O–H groups in total. The van der Waals surface area contributed by atoms with E-state index in [-0.39, 0.29) is 30.1 Å². The molecule has 4 atom stereocenters.